The van der Waals surface area contributed by atoms with E-state index in [-0.39, 0.29) is 5.92 Å². The fourth-order valence-corrected chi connectivity index (χ4v) is 3.30. The van der Waals surface area contributed by atoms with Gasteiger partial charge in [0.2, 0.25) is 5.91 Å². The van der Waals surface area contributed by atoms with Crippen molar-refractivity contribution in [1.29, 1.82) is 0 Å². The number of piperidine rings is 2. The molecule has 0 aliphatic carbocycles. The lowest BCUT2D eigenvalue weighted by Crippen LogP contribution is -2.45. The summed E-state index contributed by atoms with van der Waals surface area (Å²) in [7, 11) is 0. The normalized spacial score (nSPS) is 21.6. The fraction of sp³-hybridized carbons (Fsp3) is 0.688. The summed E-state index contributed by atoms with van der Waals surface area (Å²) in [6.07, 6.45) is 9.39. The largest absolute Gasteiger partial charge is 0.355 e. The Labute approximate surface area is 126 Å². The molecular formula is C16H24N4O. The van der Waals surface area contributed by atoms with Gasteiger partial charge in [0.1, 0.15) is 5.82 Å². The average Bonchev–Trinajstić information content (AvgIpc) is 2.56. The van der Waals surface area contributed by atoms with Gasteiger partial charge in [0, 0.05) is 44.5 Å². The smallest absolute Gasteiger partial charge is 0.225 e. The summed E-state index contributed by atoms with van der Waals surface area (Å²) in [6.45, 7) is 5.98. The molecule has 2 fully saturated rings. The van der Waals surface area contributed by atoms with Crippen molar-refractivity contribution < 1.29 is 4.79 Å². The van der Waals surface area contributed by atoms with Gasteiger partial charge in [-0.2, -0.15) is 0 Å². The number of nitrogens with zero attached hydrogens (tertiary/aromatic N) is 4. The Bertz CT molecular complexity index is 462. The molecule has 3 heterocycles. The SMILES string of the molecule is CC1CCN(C(=O)C2CCN(c3cnccn3)CC2)CC1. The lowest BCUT2D eigenvalue weighted by atomic mass is 9.93. The first kappa shape index (κ1) is 14.3. The number of likely N-dealkylation sites (tertiary alicyclic amines) is 1. The minimum atomic E-state index is 0.200. The predicted octanol–water partition coefficient (Wildman–Crippen LogP) is 1.95. The third kappa shape index (κ3) is 3.34. The Morgan fingerprint density at radius 1 is 1.10 bits per heavy atom. The first-order valence-electron chi connectivity index (χ1n) is 8.04. The van der Waals surface area contributed by atoms with Crippen molar-refractivity contribution >= 4 is 11.7 Å². The van der Waals surface area contributed by atoms with Crippen LogP contribution in [0.1, 0.15) is 32.6 Å². The molecular weight excluding hydrogens is 264 g/mol. The van der Waals surface area contributed by atoms with Gasteiger partial charge in [0.15, 0.2) is 0 Å². The molecule has 0 bridgehead atoms. The van der Waals surface area contributed by atoms with Crippen LogP contribution in [-0.4, -0.2) is 47.0 Å². The van der Waals surface area contributed by atoms with E-state index in [9.17, 15) is 4.79 Å². The van der Waals surface area contributed by atoms with E-state index in [0.717, 1.165) is 63.6 Å². The van der Waals surface area contributed by atoms with Crippen molar-refractivity contribution in [3.63, 3.8) is 0 Å². The molecule has 1 aromatic rings. The van der Waals surface area contributed by atoms with Crippen molar-refractivity contribution in [1.82, 2.24) is 14.9 Å². The maximum Gasteiger partial charge on any atom is 0.225 e. The third-order valence-corrected chi connectivity index (χ3v) is 4.81. The second kappa shape index (κ2) is 6.41. The molecule has 0 spiro atoms. The van der Waals surface area contributed by atoms with E-state index in [1.54, 1.807) is 18.6 Å². The molecule has 1 amide bonds. The number of carbonyl (C=O) groups excluding carboxylic acids is 1. The molecule has 0 radical (unpaired) electrons. The van der Waals surface area contributed by atoms with Crippen molar-refractivity contribution in [2.75, 3.05) is 31.1 Å². The summed E-state index contributed by atoms with van der Waals surface area (Å²) < 4.78 is 0. The van der Waals surface area contributed by atoms with Gasteiger partial charge < -0.3 is 9.80 Å². The van der Waals surface area contributed by atoms with Gasteiger partial charge in [-0.1, -0.05) is 6.92 Å². The highest BCUT2D eigenvalue weighted by Gasteiger charge is 2.30. The van der Waals surface area contributed by atoms with Crippen LogP contribution in [0.4, 0.5) is 5.82 Å². The van der Waals surface area contributed by atoms with Crippen LogP contribution >= 0.6 is 0 Å². The number of carbonyl (C=O) groups is 1. The Hall–Kier alpha value is -1.65. The van der Waals surface area contributed by atoms with E-state index in [4.69, 9.17) is 0 Å². The summed E-state index contributed by atoms with van der Waals surface area (Å²) >= 11 is 0. The topological polar surface area (TPSA) is 49.3 Å². The standard InChI is InChI=1S/C16H24N4O/c1-13-2-8-20(9-3-13)16(21)14-4-10-19(11-5-14)15-12-17-6-7-18-15/h6-7,12-14H,2-5,8-11H2,1H3. The molecule has 5 nitrogen and oxygen atoms in total. The van der Waals surface area contributed by atoms with Gasteiger partial charge in [-0.3, -0.25) is 9.78 Å². The van der Waals surface area contributed by atoms with Gasteiger partial charge in [0.25, 0.3) is 0 Å². The van der Waals surface area contributed by atoms with Crippen molar-refractivity contribution in [2.24, 2.45) is 11.8 Å². The third-order valence-electron chi connectivity index (χ3n) is 4.81. The average molecular weight is 288 g/mol. The molecule has 21 heavy (non-hydrogen) atoms. The molecule has 114 valence electrons. The zero-order valence-electron chi connectivity index (χ0n) is 12.7. The Morgan fingerprint density at radius 2 is 1.81 bits per heavy atom. The molecule has 2 aliphatic rings. The van der Waals surface area contributed by atoms with E-state index in [2.05, 4.69) is 26.7 Å². The first-order valence-corrected chi connectivity index (χ1v) is 8.04. The molecule has 2 saturated heterocycles. The van der Waals surface area contributed by atoms with Crippen LogP contribution < -0.4 is 4.90 Å². The molecule has 0 aromatic carbocycles. The number of anilines is 1. The van der Waals surface area contributed by atoms with E-state index < -0.39 is 0 Å². The summed E-state index contributed by atoms with van der Waals surface area (Å²) in [4.78, 5) is 25.4. The molecule has 0 saturated carbocycles. The molecule has 0 atom stereocenters. The van der Waals surface area contributed by atoms with E-state index in [1.807, 2.05) is 0 Å². The molecule has 3 rings (SSSR count). The van der Waals surface area contributed by atoms with Gasteiger partial charge in [0.05, 0.1) is 6.20 Å². The zero-order chi connectivity index (χ0) is 14.7. The lowest BCUT2D eigenvalue weighted by molar-refractivity contribution is -0.137. The van der Waals surface area contributed by atoms with E-state index >= 15 is 0 Å². The molecule has 0 N–H and O–H groups in total. The van der Waals surface area contributed by atoms with E-state index in [0.29, 0.717) is 5.91 Å². The summed E-state index contributed by atoms with van der Waals surface area (Å²) in [6, 6.07) is 0. The monoisotopic (exact) mass is 288 g/mol. The second-order valence-electron chi connectivity index (χ2n) is 6.33. The van der Waals surface area contributed by atoms with Crippen LogP contribution in [0.3, 0.4) is 0 Å². The van der Waals surface area contributed by atoms with Gasteiger partial charge in [-0.15, -0.1) is 0 Å². The highest BCUT2D eigenvalue weighted by molar-refractivity contribution is 5.79. The highest BCUT2D eigenvalue weighted by atomic mass is 16.2. The number of aromatic nitrogens is 2. The van der Waals surface area contributed by atoms with Crippen molar-refractivity contribution in [2.45, 2.75) is 32.6 Å². The number of hydrogen-bond acceptors (Lipinski definition) is 4. The summed E-state index contributed by atoms with van der Waals surface area (Å²) in [5, 5.41) is 0. The summed E-state index contributed by atoms with van der Waals surface area (Å²) in [5.74, 6) is 2.27. The van der Waals surface area contributed by atoms with Crippen LogP contribution in [0.2, 0.25) is 0 Å². The fourth-order valence-electron chi connectivity index (χ4n) is 3.30. The Morgan fingerprint density at radius 3 is 2.43 bits per heavy atom. The molecule has 2 aliphatic heterocycles. The predicted molar refractivity (Wildman–Crippen MR) is 81.9 cm³/mol. The number of hydrogen-bond donors (Lipinski definition) is 0. The Balaban J connectivity index is 1.52. The number of rotatable bonds is 2. The van der Waals surface area contributed by atoms with Crippen LogP contribution in [0.25, 0.3) is 0 Å². The zero-order valence-corrected chi connectivity index (χ0v) is 12.7. The maximum atomic E-state index is 12.6. The minimum Gasteiger partial charge on any atom is -0.355 e. The van der Waals surface area contributed by atoms with Gasteiger partial charge in [-0.25, -0.2) is 4.98 Å². The summed E-state index contributed by atoms with van der Waals surface area (Å²) in [5.41, 5.74) is 0. The quantitative estimate of drug-likeness (QED) is 0.834. The van der Waals surface area contributed by atoms with E-state index in [1.165, 1.54) is 0 Å². The Kier molecular flexibility index (Phi) is 4.36. The molecule has 0 unspecified atom stereocenters. The minimum absolute atomic E-state index is 0.200. The van der Waals surface area contributed by atoms with Gasteiger partial charge >= 0.3 is 0 Å². The van der Waals surface area contributed by atoms with Crippen molar-refractivity contribution in [3.05, 3.63) is 18.6 Å². The van der Waals surface area contributed by atoms with Crippen molar-refractivity contribution in [3.8, 4) is 0 Å². The first-order chi connectivity index (χ1) is 10.2. The van der Waals surface area contributed by atoms with Crippen LogP contribution in [0.15, 0.2) is 18.6 Å². The lowest BCUT2D eigenvalue weighted by Gasteiger charge is -2.37. The van der Waals surface area contributed by atoms with Gasteiger partial charge in [-0.05, 0) is 31.6 Å². The van der Waals surface area contributed by atoms with Crippen LogP contribution in [0, 0.1) is 11.8 Å². The highest BCUT2D eigenvalue weighted by Crippen LogP contribution is 2.25. The second-order valence-corrected chi connectivity index (χ2v) is 6.33. The molecule has 5 heteroatoms. The molecule has 1 aromatic heterocycles. The van der Waals surface area contributed by atoms with Crippen LogP contribution in [-0.2, 0) is 4.79 Å². The maximum absolute atomic E-state index is 12.6. The number of amides is 1. The van der Waals surface area contributed by atoms with Crippen LogP contribution in [0.5, 0.6) is 0 Å².